The molecule has 0 saturated heterocycles. The Morgan fingerprint density at radius 1 is 1.67 bits per heavy atom. The van der Waals surface area contributed by atoms with E-state index in [2.05, 4.69) is 17.4 Å². The van der Waals surface area contributed by atoms with Gasteiger partial charge in [-0.15, -0.1) is 0 Å². The molecule has 2 unspecified atom stereocenters. The molecule has 1 aromatic heterocycles. The molecule has 0 aliphatic heterocycles. The monoisotopic (exact) mass is 212 g/mol. The minimum atomic E-state index is 0.00338. The van der Waals surface area contributed by atoms with Gasteiger partial charge in [-0.1, -0.05) is 13.3 Å². The highest BCUT2D eigenvalue weighted by Gasteiger charge is 2.22. The Hall–Kier alpha value is -0.910. The molecule has 0 spiro atoms. The van der Waals surface area contributed by atoms with Crippen LogP contribution in [0.25, 0.3) is 0 Å². The first-order valence-electron chi connectivity index (χ1n) is 5.20. The zero-order chi connectivity index (χ0) is 11.3. The van der Waals surface area contributed by atoms with Crippen LogP contribution in [0, 0.1) is 0 Å². The van der Waals surface area contributed by atoms with Crippen molar-refractivity contribution in [1.82, 2.24) is 15.2 Å². The van der Waals surface area contributed by atoms with Gasteiger partial charge >= 0.3 is 0 Å². The van der Waals surface area contributed by atoms with E-state index in [9.17, 15) is 0 Å². The third kappa shape index (κ3) is 3.02. The fraction of sp³-hybridized carbons (Fsp3) is 0.700. The number of hydrogen-bond acceptors (Lipinski definition) is 4. The summed E-state index contributed by atoms with van der Waals surface area (Å²) in [5.41, 5.74) is 3.84. The van der Waals surface area contributed by atoms with Crippen LogP contribution in [0.4, 0.5) is 0 Å². The molecule has 15 heavy (non-hydrogen) atoms. The van der Waals surface area contributed by atoms with Gasteiger partial charge in [0, 0.05) is 25.9 Å². The molecule has 0 amide bonds. The van der Waals surface area contributed by atoms with Crippen LogP contribution in [0.1, 0.15) is 31.4 Å². The van der Waals surface area contributed by atoms with Crippen molar-refractivity contribution in [2.45, 2.75) is 31.9 Å². The predicted molar refractivity (Wildman–Crippen MR) is 59.0 cm³/mol. The normalized spacial score (nSPS) is 15.2. The number of nitrogens with two attached hydrogens (primary N) is 1. The van der Waals surface area contributed by atoms with Crippen LogP contribution in [0.5, 0.6) is 0 Å². The van der Waals surface area contributed by atoms with Gasteiger partial charge in [-0.2, -0.15) is 5.10 Å². The maximum Gasteiger partial charge on any atom is 0.0780 e. The summed E-state index contributed by atoms with van der Waals surface area (Å²) in [6.07, 6.45) is 5.89. The van der Waals surface area contributed by atoms with Crippen LogP contribution in [-0.4, -0.2) is 23.0 Å². The molecule has 86 valence electrons. The SMILES string of the molecule is CCCC(OC)C(NN)c1cnn(C)c1. The van der Waals surface area contributed by atoms with Crippen LogP contribution in [0.15, 0.2) is 12.4 Å². The quantitative estimate of drug-likeness (QED) is 0.539. The summed E-state index contributed by atoms with van der Waals surface area (Å²) < 4.78 is 7.19. The van der Waals surface area contributed by atoms with Crippen molar-refractivity contribution < 1.29 is 4.74 Å². The highest BCUT2D eigenvalue weighted by Crippen LogP contribution is 2.20. The van der Waals surface area contributed by atoms with E-state index in [4.69, 9.17) is 10.6 Å². The fourth-order valence-electron chi connectivity index (χ4n) is 1.72. The van der Waals surface area contributed by atoms with E-state index in [0.29, 0.717) is 0 Å². The zero-order valence-electron chi connectivity index (χ0n) is 9.60. The first-order chi connectivity index (χ1) is 7.22. The molecule has 0 bridgehead atoms. The highest BCUT2D eigenvalue weighted by atomic mass is 16.5. The van der Waals surface area contributed by atoms with Gasteiger partial charge < -0.3 is 4.74 Å². The minimum absolute atomic E-state index is 0.00338. The summed E-state index contributed by atoms with van der Waals surface area (Å²) in [6.45, 7) is 2.13. The molecule has 0 saturated carbocycles. The van der Waals surface area contributed by atoms with E-state index in [1.165, 1.54) is 0 Å². The summed E-state index contributed by atoms with van der Waals surface area (Å²) in [5, 5.41) is 4.13. The Kier molecular flexibility index (Phi) is 4.74. The first kappa shape index (κ1) is 12.2. The summed E-state index contributed by atoms with van der Waals surface area (Å²) in [4.78, 5) is 0. The molecule has 1 aromatic rings. The van der Waals surface area contributed by atoms with Gasteiger partial charge in [-0.3, -0.25) is 16.0 Å². The van der Waals surface area contributed by atoms with Crippen molar-refractivity contribution in [1.29, 1.82) is 0 Å². The number of nitrogens with one attached hydrogen (secondary N) is 1. The standard InChI is InChI=1S/C10H20N4O/c1-4-5-9(15-3)10(13-11)8-6-12-14(2)7-8/h6-7,9-10,13H,4-5,11H2,1-3H3. The minimum Gasteiger partial charge on any atom is -0.379 e. The van der Waals surface area contributed by atoms with E-state index >= 15 is 0 Å². The third-order valence-corrected chi connectivity index (χ3v) is 2.51. The molecule has 2 atom stereocenters. The summed E-state index contributed by atoms with van der Waals surface area (Å²) >= 11 is 0. The molecule has 3 N–H and O–H groups in total. The van der Waals surface area contributed by atoms with E-state index in [1.807, 2.05) is 19.4 Å². The first-order valence-corrected chi connectivity index (χ1v) is 5.20. The van der Waals surface area contributed by atoms with Crippen LogP contribution in [0.2, 0.25) is 0 Å². The summed E-state index contributed by atoms with van der Waals surface area (Å²) in [7, 11) is 3.60. The van der Waals surface area contributed by atoms with Gasteiger partial charge in [0.2, 0.25) is 0 Å². The fourth-order valence-corrected chi connectivity index (χ4v) is 1.72. The Balaban J connectivity index is 2.76. The van der Waals surface area contributed by atoms with Crippen LogP contribution < -0.4 is 11.3 Å². The van der Waals surface area contributed by atoms with Gasteiger partial charge in [0.25, 0.3) is 0 Å². The lowest BCUT2D eigenvalue weighted by Gasteiger charge is -2.24. The molecule has 0 aromatic carbocycles. The van der Waals surface area contributed by atoms with E-state index in [1.54, 1.807) is 11.8 Å². The molecular formula is C10H20N4O. The average Bonchev–Trinajstić information content (AvgIpc) is 2.64. The van der Waals surface area contributed by atoms with Gasteiger partial charge in [0.05, 0.1) is 18.3 Å². The molecule has 0 aliphatic carbocycles. The number of nitrogens with zero attached hydrogens (tertiary/aromatic N) is 2. The number of aromatic nitrogens is 2. The van der Waals surface area contributed by atoms with Crippen molar-refractivity contribution in [3.05, 3.63) is 18.0 Å². The predicted octanol–water partition coefficient (Wildman–Crippen LogP) is 0.740. The van der Waals surface area contributed by atoms with Gasteiger partial charge in [-0.25, -0.2) is 0 Å². The van der Waals surface area contributed by atoms with Crippen molar-refractivity contribution in [3.63, 3.8) is 0 Å². The van der Waals surface area contributed by atoms with Crippen molar-refractivity contribution in [2.24, 2.45) is 12.9 Å². The van der Waals surface area contributed by atoms with E-state index in [0.717, 1.165) is 18.4 Å². The smallest absolute Gasteiger partial charge is 0.0780 e. The number of methoxy groups -OCH3 is 1. The van der Waals surface area contributed by atoms with Crippen LogP contribution in [0.3, 0.4) is 0 Å². The Labute approximate surface area is 90.6 Å². The largest absolute Gasteiger partial charge is 0.379 e. The van der Waals surface area contributed by atoms with Crippen LogP contribution >= 0.6 is 0 Å². The summed E-state index contributed by atoms with van der Waals surface area (Å²) in [5.74, 6) is 5.55. The number of rotatable bonds is 6. The van der Waals surface area contributed by atoms with E-state index in [-0.39, 0.29) is 12.1 Å². The average molecular weight is 212 g/mol. The maximum atomic E-state index is 5.55. The van der Waals surface area contributed by atoms with Crippen molar-refractivity contribution >= 4 is 0 Å². The number of ether oxygens (including phenoxy) is 1. The lowest BCUT2D eigenvalue weighted by atomic mass is 10.0. The lowest BCUT2D eigenvalue weighted by molar-refractivity contribution is 0.0606. The molecule has 5 heteroatoms. The number of hydrazine groups is 1. The van der Waals surface area contributed by atoms with Gasteiger partial charge in [-0.05, 0) is 6.42 Å². The number of hydrogen-bond donors (Lipinski definition) is 2. The molecule has 1 heterocycles. The molecule has 5 nitrogen and oxygen atoms in total. The van der Waals surface area contributed by atoms with E-state index < -0.39 is 0 Å². The zero-order valence-corrected chi connectivity index (χ0v) is 9.60. The molecule has 1 rings (SSSR count). The second kappa shape index (κ2) is 5.85. The highest BCUT2D eigenvalue weighted by molar-refractivity contribution is 5.11. The second-order valence-electron chi connectivity index (χ2n) is 3.65. The van der Waals surface area contributed by atoms with Crippen LogP contribution in [-0.2, 0) is 11.8 Å². The molecule has 0 radical (unpaired) electrons. The Morgan fingerprint density at radius 2 is 2.40 bits per heavy atom. The van der Waals surface area contributed by atoms with Gasteiger partial charge in [0.1, 0.15) is 0 Å². The topological polar surface area (TPSA) is 65.1 Å². The molecular weight excluding hydrogens is 192 g/mol. The van der Waals surface area contributed by atoms with Gasteiger partial charge in [0.15, 0.2) is 0 Å². The second-order valence-corrected chi connectivity index (χ2v) is 3.65. The summed E-state index contributed by atoms with van der Waals surface area (Å²) in [6, 6.07) is 0.00338. The Bertz CT molecular complexity index is 287. The van der Waals surface area contributed by atoms with Crippen molar-refractivity contribution in [2.75, 3.05) is 7.11 Å². The molecule has 0 fully saturated rings. The lowest BCUT2D eigenvalue weighted by Crippen LogP contribution is -2.37. The number of aryl methyl sites for hydroxylation is 1. The maximum absolute atomic E-state index is 5.55. The Morgan fingerprint density at radius 3 is 2.80 bits per heavy atom. The third-order valence-electron chi connectivity index (χ3n) is 2.51. The molecule has 0 aliphatic rings. The van der Waals surface area contributed by atoms with Crippen molar-refractivity contribution in [3.8, 4) is 0 Å².